The van der Waals surface area contributed by atoms with E-state index in [0.29, 0.717) is 23.9 Å². The molecule has 5 rings (SSSR count). The number of para-hydroxylation sites is 1. The molecule has 1 aliphatic rings. The van der Waals surface area contributed by atoms with Crippen LogP contribution in [0.3, 0.4) is 0 Å². The molecule has 0 radical (unpaired) electrons. The summed E-state index contributed by atoms with van der Waals surface area (Å²) in [5.41, 5.74) is 2.64. The van der Waals surface area contributed by atoms with Crippen LogP contribution in [0.5, 0.6) is 0 Å². The van der Waals surface area contributed by atoms with Crippen LogP contribution in [0.15, 0.2) is 89.3 Å². The molecule has 180 valence electrons. The van der Waals surface area contributed by atoms with Gasteiger partial charge in [-0.05, 0) is 49.8 Å². The SMILES string of the molecule is Fc1ccccc1[C@@H](NCCCN1CCN(c2ccccc2)CC1)c1nnc(-c2ccccc2)o1. The first-order valence-corrected chi connectivity index (χ1v) is 12.2. The third-order valence-corrected chi connectivity index (χ3v) is 6.42. The number of hydrogen-bond acceptors (Lipinski definition) is 6. The predicted octanol–water partition coefficient (Wildman–Crippen LogP) is 4.77. The van der Waals surface area contributed by atoms with E-state index in [1.807, 2.05) is 36.4 Å². The van der Waals surface area contributed by atoms with Gasteiger partial charge >= 0.3 is 0 Å². The van der Waals surface area contributed by atoms with Crippen LogP contribution in [0, 0.1) is 5.82 Å². The van der Waals surface area contributed by atoms with Crippen LogP contribution >= 0.6 is 0 Å². The Bertz CT molecular complexity index is 1190. The number of piperazine rings is 1. The van der Waals surface area contributed by atoms with Gasteiger partial charge in [0, 0.05) is 43.0 Å². The van der Waals surface area contributed by atoms with Crippen molar-refractivity contribution in [1.29, 1.82) is 0 Å². The van der Waals surface area contributed by atoms with Crippen LogP contribution in [0.1, 0.15) is 23.9 Å². The molecule has 0 aliphatic carbocycles. The van der Waals surface area contributed by atoms with Crippen molar-refractivity contribution in [2.24, 2.45) is 0 Å². The van der Waals surface area contributed by atoms with Gasteiger partial charge in [0.05, 0.1) is 0 Å². The zero-order valence-corrected chi connectivity index (χ0v) is 19.7. The smallest absolute Gasteiger partial charge is 0.247 e. The summed E-state index contributed by atoms with van der Waals surface area (Å²) in [6.45, 7) is 5.82. The molecule has 3 aromatic carbocycles. The van der Waals surface area contributed by atoms with Crippen molar-refractivity contribution in [3.05, 3.63) is 102 Å². The molecule has 7 heteroatoms. The molecule has 0 saturated carbocycles. The van der Waals surface area contributed by atoms with Crippen LogP contribution in [-0.4, -0.2) is 54.4 Å². The Morgan fingerprint density at radius 3 is 2.26 bits per heavy atom. The van der Waals surface area contributed by atoms with Gasteiger partial charge in [-0.25, -0.2) is 4.39 Å². The van der Waals surface area contributed by atoms with Gasteiger partial charge in [0.1, 0.15) is 11.9 Å². The molecular formula is C28H30FN5O. The first-order valence-electron chi connectivity index (χ1n) is 12.2. The number of halogens is 1. The monoisotopic (exact) mass is 471 g/mol. The fourth-order valence-corrected chi connectivity index (χ4v) is 4.51. The third-order valence-electron chi connectivity index (χ3n) is 6.42. The lowest BCUT2D eigenvalue weighted by Crippen LogP contribution is -2.47. The Morgan fingerprint density at radius 2 is 1.51 bits per heavy atom. The molecule has 2 heterocycles. The minimum Gasteiger partial charge on any atom is -0.419 e. The Hall–Kier alpha value is -3.55. The second-order valence-electron chi connectivity index (χ2n) is 8.74. The van der Waals surface area contributed by atoms with Gasteiger partial charge < -0.3 is 14.6 Å². The molecule has 35 heavy (non-hydrogen) atoms. The highest BCUT2D eigenvalue weighted by atomic mass is 19.1. The van der Waals surface area contributed by atoms with Crippen molar-refractivity contribution in [2.45, 2.75) is 12.5 Å². The van der Waals surface area contributed by atoms with E-state index in [1.54, 1.807) is 12.1 Å². The Morgan fingerprint density at radius 1 is 0.829 bits per heavy atom. The molecule has 6 nitrogen and oxygen atoms in total. The maximum Gasteiger partial charge on any atom is 0.247 e. The maximum absolute atomic E-state index is 14.7. The largest absolute Gasteiger partial charge is 0.419 e. The van der Waals surface area contributed by atoms with E-state index < -0.39 is 6.04 Å². The molecule has 0 spiro atoms. The summed E-state index contributed by atoms with van der Waals surface area (Å²) in [5.74, 6) is 0.506. The minimum absolute atomic E-state index is 0.290. The minimum atomic E-state index is -0.504. The Labute approximate surface area is 205 Å². The average molecular weight is 472 g/mol. The fourth-order valence-electron chi connectivity index (χ4n) is 4.51. The van der Waals surface area contributed by atoms with Crippen molar-refractivity contribution >= 4 is 5.69 Å². The second-order valence-corrected chi connectivity index (χ2v) is 8.74. The van der Waals surface area contributed by atoms with E-state index in [0.717, 1.165) is 44.7 Å². The molecule has 1 N–H and O–H groups in total. The number of aromatic nitrogens is 2. The molecule has 4 aromatic rings. The van der Waals surface area contributed by atoms with Gasteiger partial charge in [0.25, 0.3) is 0 Å². The summed E-state index contributed by atoms with van der Waals surface area (Å²) in [5, 5.41) is 11.9. The number of hydrogen-bond donors (Lipinski definition) is 1. The van der Waals surface area contributed by atoms with E-state index in [2.05, 4.69) is 55.6 Å². The van der Waals surface area contributed by atoms with Crippen LogP contribution in [-0.2, 0) is 0 Å². The second kappa shape index (κ2) is 11.3. The summed E-state index contributed by atoms with van der Waals surface area (Å²) in [4.78, 5) is 4.92. The molecule has 1 aromatic heterocycles. The van der Waals surface area contributed by atoms with Gasteiger partial charge in [-0.2, -0.15) is 0 Å². The maximum atomic E-state index is 14.7. The van der Waals surface area contributed by atoms with E-state index in [-0.39, 0.29) is 5.82 Å². The van der Waals surface area contributed by atoms with Crippen molar-refractivity contribution in [3.8, 4) is 11.5 Å². The van der Waals surface area contributed by atoms with Crippen LogP contribution < -0.4 is 10.2 Å². The summed E-state index contributed by atoms with van der Waals surface area (Å²) in [6.07, 6.45) is 0.940. The van der Waals surface area contributed by atoms with Crippen LogP contribution in [0.4, 0.5) is 10.1 Å². The highest BCUT2D eigenvalue weighted by molar-refractivity contribution is 5.52. The Kier molecular flexibility index (Phi) is 7.46. The molecule has 1 saturated heterocycles. The molecule has 0 amide bonds. The van der Waals surface area contributed by atoms with E-state index in [1.165, 1.54) is 11.8 Å². The van der Waals surface area contributed by atoms with Gasteiger partial charge in [-0.1, -0.05) is 54.6 Å². The van der Waals surface area contributed by atoms with Crippen LogP contribution in [0.2, 0.25) is 0 Å². The van der Waals surface area contributed by atoms with Gasteiger partial charge in [0.15, 0.2) is 0 Å². The number of nitrogens with zero attached hydrogens (tertiary/aromatic N) is 4. The zero-order valence-electron chi connectivity index (χ0n) is 19.7. The predicted molar refractivity (Wildman–Crippen MR) is 136 cm³/mol. The summed E-state index contributed by atoms with van der Waals surface area (Å²) in [7, 11) is 0. The number of rotatable bonds is 9. The van der Waals surface area contributed by atoms with Crippen molar-refractivity contribution in [1.82, 2.24) is 20.4 Å². The van der Waals surface area contributed by atoms with E-state index in [4.69, 9.17) is 4.42 Å². The van der Waals surface area contributed by atoms with Crippen molar-refractivity contribution < 1.29 is 8.81 Å². The lowest BCUT2D eigenvalue weighted by molar-refractivity contribution is 0.252. The molecule has 1 fully saturated rings. The summed E-state index contributed by atoms with van der Waals surface area (Å²) >= 11 is 0. The Balaban J connectivity index is 1.19. The number of anilines is 1. The standard InChI is InChI=1S/C28H30FN5O/c29-25-15-8-7-14-24(25)26(28-32-31-27(35-28)22-10-3-1-4-11-22)30-16-9-17-33-18-20-34(21-19-33)23-12-5-2-6-13-23/h1-8,10-15,26,30H,9,16-21H2/t26-/m1/s1. The van der Waals surface area contributed by atoms with Gasteiger partial charge in [0.2, 0.25) is 11.8 Å². The fraction of sp³-hybridized carbons (Fsp3) is 0.286. The summed E-state index contributed by atoms with van der Waals surface area (Å²) < 4.78 is 20.7. The van der Waals surface area contributed by atoms with Crippen LogP contribution in [0.25, 0.3) is 11.5 Å². The third kappa shape index (κ3) is 5.75. The lowest BCUT2D eigenvalue weighted by Gasteiger charge is -2.36. The van der Waals surface area contributed by atoms with Gasteiger partial charge in [-0.15, -0.1) is 10.2 Å². The van der Waals surface area contributed by atoms with Gasteiger partial charge in [-0.3, -0.25) is 4.90 Å². The molecule has 0 unspecified atom stereocenters. The number of nitrogens with one attached hydrogen (secondary N) is 1. The molecule has 1 atom stereocenters. The van der Waals surface area contributed by atoms with E-state index in [9.17, 15) is 4.39 Å². The highest BCUT2D eigenvalue weighted by Crippen LogP contribution is 2.26. The summed E-state index contributed by atoms with van der Waals surface area (Å²) in [6, 6.07) is 26.4. The molecule has 1 aliphatic heterocycles. The zero-order chi connectivity index (χ0) is 23.9. The van der Waals surface area contributed by atoms with Crippen molar-refractivity contribution in [2.75, 3.05) is 44.2 Å². The highest BCUT2D eigenvalue weighted by Gasteiger charge is 2.24. The average Bonchev–Trinajstić information content (AvgIpc) is 3.41. The molecular weight excluding hydrogens is 441 g/mol. The normalized spacial score (nSPS) is 15.3. The van der Waals surface area contributed by atoms with E-state index >= 15 is 0 Å². The first-order chi connectivity index (χ1) is 17.3. The van der Waals surface area contributed by atoms with Crippen molar-refractivity contribution in [3.63, 3.8) is 0 Å². The lowest BCUT2D eigenvalue weighted by atomic mass is 10.1. The molecule has 0 bridgehead atoms. The first kappa shape index (κ1) is 23.2. The topological polar surface area (TPSA) is 57.4 Å². The quantitative estimate of drug-likeness (QED) is 0.355. The number of benzene rings is 3.